The molecule has 2 rings (SSSR count). The van der Waals surface area contributed by atoms with E-state index in [0.29, 0.717) is 5.41 Å². The average Bonchev–Trinajstić information content (AvgIpc) is 2.23. The molecule has 0 saturated heterocycles. The number of nitrogens with two attached hydrogens (primary N) is 1. The van der Waals surface area contributed by atoms with E-state index in [9.17, 15) is 4.79 Å². The summed E-state index contributed by atoms with van der Waals surface area (Å²) < 4.78 is 0. The van der Waals surface area contributed by atoms with Gasteiger partial charge in [-0.1, -0.05) is 19.8 Å². The van der Waals surface area contributed by atoms with E-state index in [1.54, 1.807) is 0 Å². The van der Waals surface area contributed by atoms with Crippen molar-refractivity contribution in [3.8, 4) is 0 Å². The highest BCUT2D eigenvalue weighted by molar-refractivity contribution is 5.78. The zero-order valence-electron chi connectivity index (χ0n) is 10.3. The van der Waals surface area contributed by atoms with E-state index in [4.69, 9.17) is 5.73 Å². The van der Waals surface area contributed by atoms with Gasteiger partial charge in [0.2, 0.25) is 5.91 Å². The normalized spacial score (nSPS) is 32.9. The summed E-state index contributed by atoms with van der Waals surface area (Å²) in [5.41, 5.74) is 6.28. The Morgan fingerprint density at radius 3 is 2.69 bits per heavy atom. The molecule has 0 aromatic heterocycles. The van der Waals surface area contributed by atoms with E-state index in [1.165, 1.54) is 19.3 Å². The van der Waals surface area contributed by atoms with Gasteiger partial charge in [0.15, 0.2) is 0 Å². The predicted octanol–water partition coefficient (Wildman–Crippen LogP) is 1.81. The second-order valence-electron chi connectivity index (χ2n) is 6.01. The van der Waals surface area contributed by atoms with Gasteiger partial charge in [0, 0.05) is 18.5 Å². The van der Waals surface area contributed by atoms with Crippen LogP contribution >= 0.6 is 0 Å². The van der Waals surface area contributed by atoms with E-state index in [0.717, 1.165) is 32.2 Å². The van der Waals surface area contributed by atoms with Crippen molar-refractivity contribution in [3.63, 3.8) is 0 Å². The van der Waals surface area contributed by atoms with Crippen LogP contribution in [0.5, 0.6) is 0 Å². The van der Waals surface area contributed by atoms with E-state index in [2.05, 4.69) is 12.2 Å². The van der Waals surface area contributed by atoms with Crippen molar-refractivity contribution in [3.05, 3.63) is 0 Å². The quantitative estimate of drug-likeness (QED) is 0.768. The lowest BCUT2D eigenvalue weighted by Crippen LogP contribution is -2.44. The number of amides is 1. The van der Waals surface area contributed by atoms with Crippen LogP contribution in [-0.2, 0) is 4.79 Å². The third-order valence-corrected chi connectivity index (χ3v) is 4.34. The van der Waals surface area contributed by atoms with Crippen LogP contribution in [0.25, 0.3) is 0 Å². The molecule has 0 radical (unpaired) electrons. The van der Waals surface area contributed by atoms with Gasteiger partial charge in [-0.15, -0.1) is 0 Å². The molecule has 2 unspecified atom stereocenters. The number of hydrogen-bond acceptors (Lipinski definition) is 2. The van der Waals surface area contributed by atoms with Crippen LogP contribution in [0.2, 0.25) is 0 Å². The molecule has 16 heavy (non-hydrogen) atoms. The Morgan fingerprint density at radius 1 is 1.38 bits per heavy atom. The highest BCUT2D eigenvalue weighted by Crippen LogP contribution is 2.39. The van der Waals surface area contributed by atoms with Crippen molar-refractivity contribution < 1.29 is 4.79 Å². The summed E-state index contributed by atoms with van der Waals surface area (Å²) in [6.45, 7) is 3.13. The number of rotatable bonds is 3. The molecule has 0 aromatic carbocycles. The molecular formula is C13H24N2O. The van der Waals surface area contributed by atoms with Gasteiger partial charge in [0.05, 0.1) is 0 Å². The predicted molar refractivity (Wildman–Crippen MR) is 64.9 cm³/mol. The maximum absolute atomic E-state index is 12.0. The zero-order chi connectivity index (χ0) is 11.6. The van der Waals surface area contributed by atoms with Gasteiger partial charge in [0.25, 0.3) is 0 Å². The number of carbonyl (C=O) groups excluding carboxylic acids is 1. The van der Waals surface area contributed by atoms with Crippen LogP contribution in [0.15, 0.2) is 0 Å². The van der Waals surface area contributed by atoms with Crippen LogP contribution in [0.1, 0.15) is 51.9 Å². The maximum atomic E-state index is 12.0. The second-order valence-corrected chi connectivity index (χ2v) is 6.01. The van der Waals surface area contributed by atoms with Gasteiger partial charge in [-0.3, -0.25) is 4.79 Å². The first-order chi connectivity index (χ1) is 7.59. The molecule has 2 fully saturated rings. The lowest BCUT2D eigenvalue weighted by atomic mass is 9.70. The van der Waals surface area contributed by atoms with Crippen molar-refractivity contribution in [1.82, 2.24) is 5.32 Å². The monoisotopic (exact) mass is 224 g/mol. The van der Waals surface area contributed by atoms with Gasteiger partial charge < -0.3 is 11.1 Å². The fourth-order valence-electron chi connectivity index (χ4n) is 2.87. The van der Waals surface area contributed by atoms with Gasteiger partial charge >= 0.3 is 0 Å². The minimum atomic E-state index is 0.174. The maximum Gasteiger partial charge on any atom is 0.223 e. The summed E-state index contributed by atoms with van der Waals surface area (Å²) in [6, 6.07) is 0.240. The topological polar surface area (TPSA) is 55.1 Å². The molecule has 1 amide bonds. The molecule has 2 atom stereocenters. The minimum absolute atomic E-state index is 0.174. The molecule has 0 heterocycles. The minimum Gasteiger partial charge on any atom is -0.355 e. The summed E-state index contributed by atoms with van der Waals surface area (Å²) in [4.78, 5) is 12.0. The summed E-state index contributed by atoms with van der Waals surface area (Å²) in [7, 11) is 0. The number of carbonyl (C=O) groups is 1. The van der Waals surface area contributed by atoms with E-state index in [1.807, 2.05) is 0 Å². The van der Waals surface area contributed by atoms with E-state index in [-0.39, 0.29) is 17.9 Å². The molecule has 2 aliphatic carbocycles. The van der Waals surface area contributed by atoms with E-state index < -0.39 is 0 Å². The molecular weight excluding hydrogens is 200 g/mol. The second kappa shape index (κ2) is 4.74. The van der Waals surface area contributed by atoms with Gasteiger partial charge in [0.1, 0.15) is 0 Å². The molecule has 0 bridgehead atoms. The molecule has 3 heteroatoms. The number of nitrogens with one attached hydrogen (secondary N) is 1. The molecule has 92 valence electrons. The standard InChI is InChI=1S/C13H24N2O/c1-13(6-3-7-13)9-15-12(16)10-4-2-5-11(14)8-10/h10-11H,2-9,14H2,1H3,(H,15,16). The zero-order valence-corrected chi connectivity index (χ0v) is 10.3. The third-order valence-electron chi connectivity index (χ3n) is 4.34. The van der Waals surface area contributed by atoms with Crippen LogP contribution in [0.4, 0.5) is 0 Å². The van der Waals surface area contributed by atoms with Crippen molar-refractivity contribution >= 4 is 5.91 Å². The molecule has 0 aliphatic heterocycles. The fourth-order valence-corrected chi connectivity index (χ4v) is 2.87. The van der Waals surface area contributed by atoms with Crippen LogP contribution in [-0.4, -0.2) is 18.5 Å². The first-order valence-corrected chi connectivity index (χ1v) is 6.62. The first-order valence-electron chi connectivity index (χ1n) is 6.62. The van der Waals surface area contributed by atoms with Crippen molar-refractivity contribution in [1.29, 1.82) is 0 Å². The fraction of sp³-hybridized carbons (Fsp3) is 0.923. The highest BCUT2D eigenvalue weighted by Gasteiger charge is 2.33. The molecule has 2 saturated carbocycles. The number of hydrogen-bond donors (Lipinski definition) is 2. The van der Waals surface area contributed by atoms with Gasteiger partial charge in [-0.25, -0.2) is 0 Å². The van der Waals surface area contributed by atoms with Gasteiger partial charge in [-0.2, -0.15) is 0 Å². The molecule has 3 N–H and O–H groups in total. The van der Waals surface area contributed by atoms with Crippen molar-refractivity contribution in [2.45, 2.75) is 57.9 Å². The van der Waals surface area contributed by atoms with Gasteiger partial charge in [-0.05, 0) is 37.5 Å². The average molecular weight is 224 g/mol. The Hall–Kier alpha value is -0.570. The molecule has 0 spiro atoms. The SMILES string of the molecule is CC1(CNC(=O)C2CCCC(N)C2)CCC1. The Balaban J connectivity index is 1.74. The molecule has 0 aromatic rings. The van der Waals surface area contributed by atoms with Crippen molar-refractivity contribution in [2.75, 3.05) is 6.54 Å². The highest BCUT2D eigenvalue weighted by atomic mass is 16.1. The Labute approximate surface area is 98.2 Å². The summed E-state index contributed by atoms with van der Waals surface area (Å²) in [5.74, 6) is 0.413. The summed E-state index contributed by atoms with van der Waals surface area (Å²) >= 11 is 0. The smallest absolute Gasteiger partial charge is 0.223 e. The summed E-state index contributed by atoms with van der Waals surface area (Å²) in [6.07, 6.45) is 7.94. The van der Waals surface area contributed by atoms with E-state index >= 15 is 0 Å². The van der Waals surface area contributed by atoms with Crippen LogP contribution in [0, 0.1) is 11.3 Å². The Kier molecular flexibility index (Phi) is 3.53. The molecule has 2 aliphatic rings. The Morgan fingerprint density at radius 2 is 2.12 bits per heavy atom. The first kappa shape index (κ1) is 11.9. The molecule has 3 nitrogen and oxygen atoms in total. The van der Waals surface area contributed by atoms with Crippen molar-refractivity contribution in [2.24, 2.45) is 17.1 Å². The lowest BCUT2D eigenvalue weighted by molar-refractivity contribution is -0.126. The largest absolute Gasteiger partial charge is 0.355 e. The Bertz CT molecular complexity index is 261. The summed E-state index contributed by atoms with van der Waals surface area (Å²) in [5, 5.41) is 3.12. The van der Waals surface area contributed by atoms with Crippen LogP contribution < -0.4 is 11.1 Å². The third kappa shape index (κ3) is 2.76. The van der Waals surface area contributed by atoms with Crippen LogP contribution in [0.3, 0.4) is 0 Å². The lowest BCUT2D eigenvalue weighted by Gasteiger charge is -2.39.